The number of hydrogen-bond acceptors (Lipinski definition) is 5. The number of aryl methyl sites for hydroxylation is 1. The van der Waals surface area contributed by atoms with Crippen molar-refractivity contribution in [2.45, 2.75) is 37.1 Å². The van der Waals surface area contributed by atoms with Crippen LogP contribution in [0.4, 0.5) is 0 Å². The average molecular weight is 566 g/mol. The lowest BCUT2D eigenvalue weighted by Crippen LogP contribution is -2.39. The van der Waals surface area contributed by atoms with Crippen molar-refractivity contribution >= 4 is 39.2 Å². The van der Waals surface area contributed by atoms with Gasteiger partial charge in [-0.05, 0) is 68.2 Å². The summed E-state index contributed by atoms with van der Waals surface area (Å²) in [4.78, 5) is 14.9. The van der Waals surface area contributed by atoms with E-state index in [1.54, 1.807) is 30.3 Å². The van der Waals surface area contributed by atoms with E-state index in [2.05, 4.69) is 4.90 Å². The van der Waals surface area contributed by atoms with Gasteiger partial charge in [0.15, 0.2) is 0 Å². The van der Waals surface area contributed by atoms with Gasteiger partial charge < -0.3 is 4.90 Å². The van der Waals surface area contributed by atoms with Gasteiger partial charge in [0.2, 0.25) is 0 Å². The number of carbonyl (C=O) groups is 1. The van der Waals surface area contributed by atoms with Crippen molar-refractivity contribution in [2.24, 2.45) is 0 Å². The zero-order chi connectivity index (χ0) is 27.0. The first kappa shape index (κ1) is 29.1. The molecule has 1 amide bonds. The first-order valence-corrected chi connectivity index (χ1v) is 14.0. The summed E-state index contributed by atoms with van der Waals surface area (Å²) in [5.74, 6) is -0.364. The summed E-state index contributed by atoms with van der Waals surface area (Å²) in [6.45, 7) is 4.46. The number of hydrogen-bond donors (Lipinski definition) is 2. The molecule has 3 aromatic rings. The van der Waals surface area contributed by atoms with Crippen LogP contribution in [-0.2, 0) is 21.3 Å². The minimum absolute atomic E-state index is 0.0662. The van der Waals surface area contributed by atoms with Crippen LogP contribution in [-0.4, -0.2) is 53.7 Å². The molecular weight excluding hydrogens is 535 g/mol. The van der Waals surface area contributed by atoms with E-state index in [1.165, 1.54) is 12.1 Å². The summed E-state index contributed by atoms with van der Waals surface area (Å²) in [5.41, 5.74) is 2.60. The van der Waals surface area contributed by atoms with Gasteiger partial charge in [-0.25, -0.2) is 5.06 Å². The van der Waals surface area contributed by atoms with Crippen LogP contribution in [0.3, 0.4) is 0 Å². The molecule has 37 heavy (non-hydrogen) atoms. The van der Waals surface area contributed by atoms with Gasteiger partial charge in [-0.15, -0.1) is 0 Å². The Kier molecular flexibility index (Phi) is 10.5. The Bertz CT molecular complexity index is 1280. The molecule has 1 fully saturated rings. The molecule has 1 saturated heterocycles. The first-order valence-electron chi connectivity index (χ1n) is 11.8. The second kappa shape index (κ2) is 13.4. The lowest BCUT2D eigenvalue weighted by Gasteiger charge is -2.30. The summed E-state index contributed by atoms with van der Waals surface area (Å²) in [6, 6.07) is 20.3. The van der Waals surface area contributed by atoms with Crippen LogP contribution in [0.1, 0.15) is 35.6 Å². The van der Waals surface area contributed by atoms with Crippen molar-refractivity contribution in [3.63, 3.8) is 0 Å². The van der Waals surface area contributed by atoms with E-state index in [-0.39, 0.29) is 17.2 Å². The second-order valence-electron chi connectivity index (χ2n) is 8.89. The highest BCUT2D eigenvalue weighted by Crippen LogP contribution is 2.26. The molecular formula is C27H30Cl2N2O5S. The van der Waals surface area contributed by atoms with Gasteiger partial charge in [-0.3, -0.25) is 14.6 Å². The van der Waals surface area contributed by atoms with Crippen LogP contribution in [0.2, 0.25) is 10.0 Å². The van der Waals surface area contributed by atoms with Crippen LogP contribution >= 0.6 is 23.2 Å². The molecule has 198 valence electrons. The highest BCUT2D eigenvalue weighted by Gasteiger charge is 2.27. The zero-order valence-electron chi connectivity index (χ0n) is 20.4. The predicted molar refractivity (Wildman–Crippen MR) is 145 cm³/mol. The molecule has 0 spiro atoms. The van der Waals surface area contributed by atoms with Crippen molar-refractivity contribution in [3.05, 3.63) is 99.5 Å². The molecule has 0 aromatic heterocycles. The van der Waals surface area contributed by atoms with E-state index >= 15 is 0 Å². The Labute approximate surface area is 227 Å². The number of nitrogens with zero attached hydrogens (tertiary/aromatic N) is 2. The molecule has 2 N–H and O–H groups in total. The first-order chi connectivity index (χ1) is 17.5. The van der Waals surface area contributed by atoms with Gasteiger partial charge in [-0.1, -0.05) is 77.3 Å². The van der Waals surface area contributed by atoms with E-state index in [4.69, 9.17) is 27.8 Å². The minimum Gasteiger partial charge on any atom is -0.301 e. The van der Waals surface area contributed by atoms with Crippen molar-refractivity contribution < 1.29 is 23.0 Å². The third-order valence-electron chi connectivity index (χ3n) is 6.02. The van der Waals surface area contributed by atoms with Crippen molar-refractivity contribution in [1.82, 2.24) is 9.96 Å². The van der Waals surface area contributed by atoms with E-state index in [9.17, 15) is 18.4 Å². The van der Waals surface area contributed by atoms with E-state index in [0.717, 1.165) is 47.7 Å². The van der Waals surface area contributed by atoms with E-state index < -0.39 is 16.2 Å². The van der Waals surface area contributed by atoms with Crippen LogP contribution < -0.4 is 0 Å². The average Bonchev–Trinajstić information content (AvgIpc) is 3.38. The van der Waals surface area contributed by atoms with Crippen LogP contribution in [0.5, 0.6) is 0 Å². The maximum absolute atomic E-state index is 12.7. The maximum atomic E-state index is 12.7. The third-order valence-corrected chi connectivity index (χ3v) is 7.63. The van der Waals surface area contributed by atoms with E-state index in [0.29, 0.717) is 16.6 Å². The topological polar surface area (TPSA) is 98.1 Å². The zero-order valence-corrected chi connectivity index (χ0v) is 22.8. The summed E-state index contributed by atoms with van der Waals surface area (Å²) in [6.07, 6.45) is 2.38. The molecule has 10 heteroatoms. The fraction of sp³-hybridized carbons (Fsp3) is 0.296. The number of carbonyl (C=O) groups excluding carboxylic acids is 1. The largest absolute Gasteiger partial charge is 0.301 e. The van der Waals surface area contributed by atoms with Gasteiger partial charge in [0.05, 0.1) is 27.4 Å². The van der Waals surface area contributed by atoms with Gasteiger partial charge in [0.1, 0.15) is 0 Å². The van der Waals surface area contributed by atoms with Crippen molar-refractivity contribution in [3.8, 4) is 0 Å². The summed E-state index contributed by atoms with van der Waals surface area (Å²) < 4.78 is 29.6. The Balaban J connectivity index is 0.000000289. The Morgan fingerprint density at radius 2 is 1.59 bits per heavy atom. The van der Waals surface area contributed by atoms with Crippen LogP contribution in [0, 0.1) is 6.92 Å². The molecule has 4 rings (SSSR count). The summed E-state index contributed by atoms with van der Waals surface area (Å²) in [5, 5.41) is 12.4. The Morgan fingerprint density at radius 3 is 2.16 bits per heavy atom. The van der Waals surface area contributed by atoms with Gasteiger partial charge >= 0.3 is 0 Å². The standard InChI is InChI=1S/C20H22Cl2N2O2.C7H8O3S/c21-17-9-8-15(12-18(17)22)13-20(25)24(26)19(14-23-10-4-5-11-23)16-6-2-1-3-7-16;1-6-2-4-7(5-3-6)11(8,9)10/h1-3,6-9,12,19,26H,4-5,10-11,13-14H2;2-5H,1H3,(H,8,9,10)/t19-;/m1./s1. The van der Waals surface area contributed by atoms with Gasteiger partial charge in [0, 0.05) is 6.54 Å². The number of hydroxylamine groups is 2. The second-order valence-corrected chi connectivity index (χ2v) is 11.1. The number of halogens is 2. The number of rotatable bonds is 7. The molecule has 0 unspecified atom stereocenters. The molecule has 0 radical (unpaired) electrons. The van der Waals surface area contributed by atoms with Crippen molar-refractivity contribution in [1.29, 1.82) is 0 Å². The normalized spacial score (nSPS) is 14.5. The molecule has 1 atom stereocenters. The Morgan fingerprint density at radius 1 is 0.973 bits per heavy atom. The molecule has 1 aliphatic heterocycles. The highest BCUT2D eigenvalue weighted by atomic mass is 35.5. The molecule has 7 nitrogen and oxygen atoms in total. The fourth-order valence-electron chi connectivity index (χ4n) is 4.00. The number of benzene rings is 3. The molecule has 1 aliphatic rings. The summed E-state index contributed by atoms with van der Waals surface area (Å²) in [7, 11) is -4.02. The van der Waals surface area contributed by atoms with E-state index in [1.807, 2.05) is 37.3 Å². The van der Waals surface area contributed by atoms with Crippen molar-refractivity contribution in [2.75, 3.05) is 19.6 Å². The Hall–Kier alpha value is -2.46. The highest BCUT2D eigenvalue weighted by molar-refractivity contribution is 7.85. The molecule has 3 aromatic carbocycles. The smallest absolute Gasteiger partial charge is 0.294 e. The van der Waals surface area contributed by atoms with Gasteiger partial charge in [-0.2, -0.15) is 8.42 Å². The lowest BCUT2D eigenvalue weighted by molar-refractivity contribution is -0.177. The predicted octanol–water partition coefficient (Wildman–Crippen LogP) is 5.83. The minimum atomic E-state index is -4.02. The lowest BCUT2D eigenvalue weighted by atomic mass is 10.0. The quantitative estimate of drug-likeness (QED) is 0.213. The SMILES string of the molecule is Cc1ccc(S(=O)(=O)O)cc1.O=C(Cc1ccc(Cl)c(Cl)c1)N(O)[C@H](CN1CCCC1)c1ccccc1. The molecule has 1 heterocycles. The third kappa shape index (κ3) is 8.81. The molecule has 0 aliphatic carbocycles. The summed E-state index contributed by atoms with van der Waals surface area (Å²) >= 11 is 11.9. The molecule has 0 saturated carbocycles. The number of likely N-dealkylation sites (tertiary alicyclic amines) is 1. The fourth-order valence-corrected chi connectivity index (χ4v) is 4.80. The maximum Gasteiger partial charge on any atom is 0.294 e. The number of amides is 1. The van der Waals surface area contributed by atoms with Crippen LogP contribution in [0.25, 0.3) is 0 Å². The van der Waals surface area contributed by atoms with Crippen LogP contribution in [0.15, 0.2) is 77.7 Å². The monoisotopic (exact) mass is 564 g/mol. The molecule has 0 bridgehead atoms. The van der Waals surface area contributed by atoms with Gasteiger partial charge in [0.25, 0.3) is 16.0 Å².